The lowest BCUT2D eigenvalue weighted by atomic mass is 9.80. The Morgan fingerprint density at radius 1 is 0.846 bits per heavy atom. The van der Waals surface area contributed by atoms with Crippen molar-refractivity contribution in [3.05, 3.63) is 108 Å². The number of hydrogen-bond acceptors (Lipinski definition) is 6. The van der Waals surface area contributed by atoms with Crippen LogP contribution in [0, 0.1) is 5.92 Å². The van der Waals surface area contributed by atoms with Gasteiger partial charge >= 0.3 is 0 Å². The first-order chi connectivity index (χ1) is 19.0. The highest BCUT2D eigenvalue weighted by Crippen LogP contribution is 2.34. The van der Waals surface area contributed by atoms with Crippen molar-refractivity contribution in [2.75, 3.05) is 13.2 Å². The van der Waals surface area contributed by atoms with Crippen molar-refractivity contribution in [3.8, 4) is 0 Å². The van der Waals surface area contributed by atoms with Crippen LogP contribution in [0.15, 0.2) is 91.0 Å². The summed E-state index contributed by atoms with van der Waals surface area (Å²) in [6, 6.07) is 29.7. The molecule has 1 aliphatic rings. The molecule has 0 saturated carbocycles. The molecule has 3 aromatic carbocycles. The normalized spacial score (nSPS) is 23.7. The van der Waals surface area contributed by atoms with Crippen LogP contribution in [0.2, 0.25) is 0 Å². The Morgan fingerprint density at radius 2 is 1.38 bits per heavy atom. The Labute approximate surface area is 232 Å². The van der Waals surface area contributed by atoms with Gasteiger partial charge in [-0.15, -0.1) is 0 Å². The third kappa shape index (κ3) is 8.45. The van der Waals surface area contributed by atoms with E-state index in [0.717, 1.165) is 16.7 Å². The molecular formula is C33H42O6. The van der Waals surface area contributed by atoms with E-state index >= 15 is 0 Å². The van der Waals surface area contributed by atoms with Crippen LogP contribution in [0.1, 0.15) is 43.4 Å². The van der Waals surface area contributed by atoms with Gasteiger partial charge in [0.1, 0.15) is 11.7 Å². The zero-order valence-corrected chi connectivity index (χ0v) is 23.0. The predicted molar refractivity (Wildman–Crippen MR) is 151 cm³/mol. The van der Waals surface area contributed by atoms with Crippen LogP contribution in [-0.4, -0.2) is 53.4 Å². The van der Waals surface area contributed by atoms with Gasteiger partial charge < -0.3 is 29.2 Å². The SMILES string of the molecule is CC[C@@H](OCc1ccccc1)[C@](O)(COCc1ccccc1)C[C@@H]1CO[C@@H](C)C(OCc2ccccc2)C1O. The Bertz CT molecular complexity index is 1080. The zero-order chi connectivity index (χ0) is 27.5. The number of hydrogen-bond donors (Lipinski definition) is 2. The molecule has 0 radical (unpaired) electrons. The van der Waals surface area contributed by atoms with Crippen LogP contribution in [0.5, 0.6) is 0 Å². The largest absolute Gasteiger partial charge is 0.390 e. The summed E-state index contributed by atoms with van der Waals surface area (Å²) in [4.78, 5) is 0. The van der Waals surface area contributed by atoms with Crippen molar-refractivity contribution in [3.63, 3.8) is 0 Å². The first kappa shape index (κ1) is 29.4. The second-order valence-corrected chi connectivity index (χ2v) is 10.5. The molecule has 0 amide bonds. The monoisotopic (exact) mass is 534 g/mol. The number of aliphatic hydroxyl groups excluding tert-OH is 1. The lowest BCUT2D eigenvalue weighted by Gasteiger charge is -2.44. The molecule has 1 aliphatic heterocycles. The quantitative estimate of drug-likeness (QED) is 0.292. The number of rotatable bonds is 14. The van der Waals surface area contributed by atoms with Gasteiger partial charge in [0.05, 0.1) is 51.3 Å². The van der Waals surface area contributed by atoms with Crippen molar-refractivity contribution in [2.24, 2.45) is 5.92 Å². The second-order valence-electron chi connectivity index (χ2n) is 10.5. The minimum absolute atomic E-state index is 0.0729. The standard InChI is InChI=1S/C33H42O6/c1-3-30(38-21-27-15-9-5-10-16-27)33(35,24-36-20-26-13-7-4-8-14-26)19-29-23-37-25(2)32(31(29)34)39-22-28-17-11-6-12-18-28/h4-18,25,29-32,34-35H,3,19-24H2,1-2H3/t25-,29+,30+,31?,32?,33+/m0/s1. The molecule has 6 heteroatoms. The van der Waals surface area contributed by atoms with E-state index in [9.17, 15) is 10.2 Å². The van der Waals surface area contributed by atoms with E-state index in [0.29, 0.717) is 32.8 Å². The molecule has 0 aliphatic carbocycles. The highest BCUT2D eigenvalue weighted by Gasteiger charge is 2.45. The maximum absolute atomic E-state index is 12.1. The summed E-state index contributed by atoms with van der Waals surface area (Å²) in [6.45, 7) is 5.45. The summed E-state index contributed by atoms with van der Waals surface area (Å²) in [6.07, 6.45) is -1.23. The molecule has 6 nitrogen and oxygen atoms in total. The van der Waals surface area contributed by atoms with Crippen molar-refractivity contribution < 1.29 is 29.2 Å². The molecule has 210 valence electrons. The Morgan fingerprint density at radius 3 is 1.95 bits per heavy atom. The van der Waals surface area contributed by atoms with Gasteiger partial charge in [-0.05, 0) is 36.5 Å². The van der Waals surface area contributed by atoms with E-state index in [4.69, 9.17) is 18.9 Å². The van der Waals surface area contributed by atoms with Gasteiger partial charge in [0.25, 0.3) is 0 Å². The Kier molecular flexibility index (Phi) is 11.1. The van der Waals surface area contributed by atoms with Crippen LogP contribution in [0.25, 0.3) is 0 Å². The predicted octanol–water partition coefficient (Wildman–Crippen LogP) is 5.30. The Balaban J connectivity index is 1.46. The van der Waals surface area contributed by atoms with E-state index < -0.39 is 23.9 Å². The third-order valence-electron chi connectivity index (χ3n) is 7.48. The van der Waals surface area contributed by atoms with E-state index in [-0.39, 0.29) is 25.0 Å². The van der Waals surface area contributed by atoms with Gasteiger partial charge in [0.2, 0.25) is 0 Å². The summed E-state index contributed by atoms with van der Waals surface area (Å²) in [5.41, 5.74) is 1.76. The molecule has 0 bridgehead atoms. The van der Waals surface area contributed by atoms with Crippen molar-refractivity contribution in [2.45, 2.75) is 76.5 Å². The highest BCUT2D eigenvalue weighted by atomic mass is 16.6. The van der Waals surface area contributed by atoms with Crippen LogP contribution in [0.4, 0.5) is 0 Å². The first-order valence-corrected chi connectivity index (χ1v) is 13.9. The minimum Gasteiger partial charge on any atom is -0.390 e. The van der Waals surface area contributed by atoms with Gasteiger partial charge in [0.15, 0.2) is 0 Å². The fourth-order valence-electron chi connectivity index (χ4n) is 5.28. The molecule has 6 atom stereocenters. The van der Waals surface area contributed by atoms with E-state index in [2.05, 4.69) is 0 Å². The summed E-state index contributed by atoms with van der Waals surface area (Å²) in [5.74, 6) is -0.346. The molecule has 39 heavy (non-hydrogen) atoms. The molecular weight excluding hydrogens is 492 g/mol. The van der Waals surface area contributed by atoms with Crippen LogP contribution in [-0.2, 0) is 38.8 Å². The molecule has 1 saturated heterocycles. The van der Waals surface area contributed by atoms with Gasteiger partial charge in [-0.3, -0.25) is 0 Å². The van der Waals surface area contributed by atoms with Crippen molar-refractivity contribution in [1.82, 2.24) is 0 Å². The Hall–Kier alpha value is -2.58. The first-order valence-electron chi connectivity index (χ1n) is 13.9. The highest BCUT2D eigenvalue weighted by molar-refractivity contribution is 5.15. The molecule has 1 heterocycles. The average molecular weight is 535 g/mol. The molecule has 1 fully saturated rings. The average Bonchev–Trinajstić information content (AvgIpc) is 2.96. The maximum atomic E-state index is 12.1. The van der Waals surface area contributed by atoms with E-state index in [1.54, 1.807) is 0 Å². The second kappa shape index (κ2) is 14.7. The molecule has 0 aromatic heterocycles. The van der Waals surface area contributed by atoms with Gasteiger partial charge in [-0.25, -0.2) is 0 Å². The summed E-state index contributed by atoms with van der Waals surface area (Å²) >= 11 is 0. The smallest absolute Gasteiger partial charge is 0.114 e. The van der Waals surface area contributed by atoms with Crippen molar-refractivity contribution in [1.29, 1.82) is 0 Å². The summed E-state index contributed by atoms with van der Waals surface area (Å²) in [5, 5.41) is 23.5. The van der Waals surface area contributed by atoms with Gasteiger partial charge in [-0.2, -0.15) is 0 Å². The summed E-state index contributed by atoms with van der Waals surface area (Å²) < 4.78 is 24.6. The number of benzene rings is 3. The molecule has 0 spiro atoms. The van der Waals surface area contributed by atoms with Gasteiger partial charge in [0, 0.05) is 5.92 Å². The van der Waals surface area contributed by atoms with Gasteiger partial charge in [-0.1, -0.05) is 97.9 Å². The van der Waals surface area contributed by atoms with Crippen molar-refractivity contribution >= 4 is 0 Å². The molecule has 2 unspecified atom stereocenters. The van der Waals surface area contributed by atoms with Crippen LogP contribution >= 0.6 is 0 Å². The van der Waals surface area contributed by atoms with E-state index in [1.165, 1.54) is 0 Å². The van der Waals surface area contributed by atoms with Crippen LogP contribution in [0.3, 0.4) is 0 Å². The topological polar surface area (TPSA) is 77.4 Å². The lowest BCUT2D eigenvalue weighted by Crippen LogP contribution is -2.56. The minimum atomic E-state index is -1.34. The maximum Gasteiger partial charge on any atom is 0.114 e. The fourth-order valence-corrected chi connectivity index (χ4v) is 5.28. The molecule has 2 N–H and O–H groups in total. The number of ether oxygens (including phenoxy) is 4. The van der Waals surface area contributed by atoms with E-state index in [1.807, 2.05) is 105 Å². The number of aliphatic hydroxyl groups is 2. The fraction of sp³-hybridized carbons (Fsp3) is 0.455. The van der Waals surface area contributed by atoms with Crippen LogP contribution < -0.4 is 0 Å². The zero-order valence-electron chi connectivity index (χ0n) is 23.0. The third-order valence-corrected chi connectivity index (χ3v) is 7.48. The summed E-state index contributed by atoms with van der Waals surface area (Å²) in [7, 11) is 0. The molecule has 3 aromatic rings. The molecule has 4 rings (SSSR count). The lowest BCUT2D eigenvalue weighted by molar-refractivity contribution is -0.211.